The van der Waals surface area contributed by atoms with Gasteiger partial charge in [0.25, 0.3) is 0 Å². The first-order chi connectivity index (χ1) is 6.26. The number of aliphatic imine (C=N–C) groups is 1. The third kappa shape index (κ3) is 4.81. The van der Waals surface area contributed by atoms with Crippen LogP contribution in [0.3, 0.4) is 0 Å². The maximum atomic E-state index is 8.57. The fraction of sp³-hybridized carbons (Fsp3) is 0.667. The molecule has 0 aromatic rings. The van der Waals surface area contributed by atoms with E-state index in [1.807, 2.05) is 12.3 Å². The maximum absolute atomic E-state index is 8.57. The van der Waals surface area contributed by atoms with Crippen LogP contribution in [0.15, 0.2) is 4.99 Å². The van der Waals surface area contributed by atoms with Crippen molar-refractivity contribution >= 4 is 5.84 Å². The minimum absolute atomic E-state index is 0.202. The summed E-state index contributed by atoms with van der Waals surface area (Å²) < 4.78 is 0. The van der Waals surface area contributed by atoms with E-state index in [4.69, 9.17) is 10.5 Å². The molecule has 0 saturated heterocycles. The summed E-state index contributed by atoms with van der Waals surface area (Å²) in [6.07, 6.45) is 4.19. The van der Waals surface area contributed by atoms with Gasteiger partial charge in [-0.1, -0.05) is 13.3 Å². The number of hydrogen-bond acceptors (Lipinski definition) is 3. The number of rotatable bonds is 4. The zero-order chi connectivity index (χ0) is 10.1. The van der Waals surface area contributed by atoms with Gasteiger partial charge in [-0.25, -0.2) is 0 Å². The molecule has 70 valence electrons. The number of nitriles is 2. The van der Waals surface area contributed by atoms with Crippen molar-refractivity contribution in [1.29, 1.82) is 10.5 Å². The van der Waals surface area contributed by atoms with E-state index in [2.05, 4.69) is 11.9 Å². The normalized spacial score (nSPS) is 10.3. The van der Waals surface area contributed by atoms with E-state index in [9.17, 15) is 0 Å². The lowest BCUT2D eigenvalue weighted by Gasteiger charge is -2.08. The molecule has 0 amide bonds. The van der Waals surface area contributed by atoms with Crippen molar-refractivity contribution in [2.24, 2.45) is 4.99 Å². The lowest BCUT2D eigenvalue weighted by atomic mass is 10.3. The Morgan fingerprint density at radius 3 is 2.62 bits per heavy atom. The number of unbranched alkanes of at least 4 members (excludes halogenated alkanes) is 1. The molecule has 0 heterocycles. The van der Waals surface area contributed by atoms with Crippen molar-refractivity contribution in [3.8, 4) is 12.3 Å². The highest BCUT2D eigenvalue weighted by Crippen LogP contribution is 1.94. The summed E-state index contributed by atoms with van der Waals surface area (Å²) >= 11 is 0. The molecule has 0 fully saturated rings. The molecular formula is C9H14N4. The molecule has 0 atom stereocenters. The Balaban J connectivity index is 4.17. The van der Waals surface area contributed by atoms with Crippen LogP contribution in [0.2, 0.25) is 0 Å². The largest absolute Gasteiger partial charge is 0.271 e. The number of nitrogens with zero attached hydrogens (tertiary/aromatic N) is 4. The quantitative estimate of drug-likeness (QED) is 0.215. The second kappa shape index (κ2) is 7.12. The smallest absolute Gasteiger partial charge is 0.184 e. The zero-order valence-electron chi connectivity index (χ0n) is 8.12. The summed E-state index contributed by atoms with van der Waals surface area (Å²) in [7, 11) is 1.61. The van der Waals surface area contributed by atoms with Gasteiger partial charge >= 0.3 is 0 Å². The van der Waals surface area contributed by atoms with Crippen molar-refractivity contribution in [2.75, 3.05) is 13.6 Å². The van der Waals surface area contributed by atoms with Crippen LogP contribution in [0, 0.1) is 22.8 Å². The average molecular weight is 178 g/mol. The molecule has 0 N–H and O–H groups in total. The van der Waals surface area contributed by atoms with Crippen LogP contribution in [0.5, 0.6) is 0 Å². The molecule has 0 radical (unpaired) electrons. The van der Waals surface area contributed by atoms with Gasteiger partial charge in [0.15, 0.2) is 6.19 Å². The van der Waals surface area contributed by atoms with Crippen molar-refractivity contribution in [3.63, 3.8) is 0 Å². The summed E-state index contributed by atoms with van der Waals surface area (Å²) in [5.41, 5.74) is 0. The van der Waals surface area contributed by atoms with Crippen molar-refractivity contribution < 1.29 is 0 Å². The summed E-state index contributed by atoms with van der Waals surface area (Å²) in [4.78, 5) is 5.50. The molecule has 4 heteroatoms. The SMILES string of the molecule is CCCCN=C(CC#N)N(C)C#N. The van der Waals surface area contributed by atoms with Crippen molar-refractivity contribution in [2.45, 2.75) is 26.2 Å². The molecule has 0 rings (SSSR count). The number of amidine groups is 1. The van der Waals surface area contributed by atoms with Gasteiger partial charge < -0.3 is 0 Å². The van der Waals surface area contributed by atoms with Crippen LogP contribution in [-0.4, -0.2) is 24.3 Å². The van der Waals surface area contributed by atoms with E-state index in [1.54, 1.807) is 7.05 Å². The van der Waals surface area contributed by atoms with Gasteiger partial charge in [0.1, 0.15) is 5.84 Å². The monoisotopic (exact) mass is 178 g/mol. The summed E-state index contributed by atoms with van der Waals surface area (Å²) in [5, 5.41) is 17.0. The maximum Gasteiger partial charge on any atom is 0.184 e. The van der Waals surface area contributed by atoms with Crippen molar-refractivity contribution in [1.82, 2.24) is 4.90 Å². The van der Waals surface area contributed by atoms with E-state index in [1.165, 1.54) is 4.90 Å². The van der Waals surface area contributed by atoms with Crippen LogP contribution < -0.4 is 0 Å². The van der Waals surface area contributed by atoms with Crippen molar-refractivity contribution in [3.05, 3.63) is 0 Å². The van der Waals surface area contributed by atoms with Gasteiger partial charge in [0.2, 0.25) is 0 Å². The molecule has 0 spiro atoms. The van der Waals surface area contributed by atoms with E-state index < -0.39 is 0 Å². The van der Waals surface area contributed by atoms with Gasteiger partial charge in [-0.2, -0.15) is 10.5 Å². The first kappa shape index (κ1) is 11.4. The fourth-order valence-electron chi connectivity index (χ4n) is 0.775. The minimum Gasteiger partial charge on any atom is -0.271 e. The van der Waals surface area contributed by atoms with Crippen LogP contribution in [0.25, 0.3) is 0 Å². The molecular weight excluding hydrogens is 164 g/mol. The van der Waals surface area contributed by atoms with Crippen LogP contribution in [0.4, 0.5) is 0 Å². The summed E-state index contributed by atoms with van der Waals surface area (Å²) in [6.45, 7) is 2.77. The van der Waals surface area contributed by atoms with Gasteiger partial charge in [0.05, 0.1) is 12.5 Å². The molecule has 0 aromatic carbocycles. The van der Waals surface area contributed by atoms with E-state index in [0.717, 1.165) is 12.8 Å². The Kier molecular flexibility index (Phi) is 6.27. The highest BCUT2D eigenvalue weighted by atomic mass is 15.1. The predicted octanol–water partition coefficient (Wildman–Crippen LogP) is 1.51. The first-order valence-electron chi connectivity index (χ1n) is 4.30. The minimum atomic E-state index is 0.202. The molecule has 4 nitrogen and oxygen atoms in total. The lowest BCUT2D eigenvalue weighted by Crippen LogP contribution is -2.21. The molecule has 0 bridgehead atoms. The van der Waals surface area contributed by atoms with Crippen LogP contribution in [0.1, 0.15) is 26.2 Å². The van der Waals surface area contributed by atoms with Gasteiger partial charge in [-0.3, -0.25) is 9.89 Å². The predicted molar refractivity (Wildman–Crippen MR) is 50.8 cm³/mol. The molecule has 0 saturated carbocycles. The van der Waals surface area contributed by atoms with E-state index >= 15 is 0 Å². The fourth-order valence-corrected chi connectivity index (χ4v) is 0.775. The molecule has 13 heavy (non-hydrogen) atoms. The summed E-state index contributed by atoms with van der Waals surface area (Å²) in [6, 6.07) is 1.99. The average Bonchev–Trinajstić information content (AvgIpc) is 2.16. The first-order valence-corrected chi connectivity index (χ1v) is 4.30. The molecule has 0 aliphatic carbocycles. The zero-order valence-corrected chi connectivity index (χ0v) is 8.12. The highest BCUT2D eigenvalue weighted by Gasteiger charge is 2.03. The second-order valence-electron chi connectivity index (χ2n) is 2.65. The van der Waals surface area contributed by atoms with Gasteiger partial charge in [-0.15, -0.1) is 0 Å². The molecule has 0 aliphatic heterocycles. The van der Waals surface area contributed by atoms with Gasteiger partial charge in [-0.05, 0) is 6.42 Å². The Morgan fingerprint density at radius 1 is 1.46 bits per heavy atom. The van der Waals surface area contributed by atoms with Gasteiger partial charge in [0, 0.05) is 13.6 Å². The molecule has 0 aromatic heterocycles. The number of hydrogen-bond donors (Lipinski definition) is 0. The molecule has 0 unspecified atom stereocenters. The molecule has 0 aliphatic rings. The lowest BCUT2D eigenvalue weighted by molar-refractivity contribution is 0.683. The topological polar surface area (TPSA) is 63.2 Å². The third-order valence-electron chi connectivity index (χ3n) is 1.58. The Labute approximate surface area is 79.1 Å². The highest BCUT2D eigenvalue weighted by molar-refractivity contribution is 5.85. The Morgan fingerprint density at radius 2 is 2.15 bits per heavy atom. The van der Waals surface area contributed by atoms with E-state index in [-0.39, 0.29) is 6.42 Å². The Bertz CT molecular complexity index is 243. The summed E-state index contributed by atoms with van der Waals surface area (Å²) in [5.74, 6) is 0.554. The second-order valence-corrected chi connectivity index (χ2v) is 2.65. The van der Waals surface area contributed by atoms with Crippen LogP contribution >= 0.6 is 0 Å². The van der Waals surface area contributed by atoms with E-state index in [0.29, 0.717) is 12.4 Å². The van der Waals surface area contributed by atoms with Crippen LogP contribution in [-0.2, 0) is 0 Å². The standard InChI is InChI=1S/C9H14N4/c1-3-4-7-12-9(5-6-10)13(2)8-11/h3-5,7H2,1-2H3. The Hall–Kier alpha value is -1.55. The third-order valence-corrected chi connectivity index (χ3v) is 1.58.